The number of anilines is 3. The number of nitrogens with two attached hydrogens (primary N) is 3. The molecular weight excluding hydrogens is 282 g/mol. The van der Waals surface area contributed by atoms with E-state index in [2.05, 4.69) is 4.98 Å². The molecule has 2 heterocycles. The third-order valence-corrected chi connectivity index (χ3v) is 2.59. The summed E-state index contributed by atoms with van der Waals surface area (Å²) in [6, 6.07) is 0. The maximum absolute atomic E-state index is 11.2. The van der Waals surface area contributed by atoms with Crippen LogP contribution in [-0.4, -0.2) is 19.1 Å². The maximum Gasteiger partial charge on any atom is 0.332 e. The van der Waals surface area contributed by atoms with Crippen LogP contribution in [0.3, 0.4) is 0 Å². The SMILES string of the molecule is Cn1c(N)c(N)c(=O)n(C)c1=O.Nc1c[nH]c(=O)[nH]c1=O. The second kappa shape index (κ2) is 5.81. The van der Waals surface area contributed by atoms with Crippen LogP contribution >= 0.6 is 0 Å². The Morgan fingerprint density at radius 2 is 1.57 bits per heavy atom. The molecular formula is C10H15N7O4. The molecule has 2 aromatic heterocycles. The van der Waals surface area contributed by atoms with E-state index in [1.165, 1.54) is 14.1 Å². The van der Waals surface area contributed by atoms with Crippen molar-refractivity contribution < 1.29 is 0 Å². The van der Waals surface area contributed by atoms with E-state index in [1.807, 2.05) is 4.98 Å². The minimum Gasteiger partial charge on any atom is -0.393 e. The lowest BCUT2D eigenvalue weighted by Crippen LogP contribution is -2.39. The standard InChI is InChI=1S/C6H10N4O2.C4H5N3O2/c1-9-4(8)3(7)5(11)10(2)6(9)12;5-2-1-6-4(9)7-3(2)8/h7-8H2,1-2H3;1H,5H2,(H2,6,7,8,9). The fraction of sp³-hybridized carbons (Fsp3) is 0.200. The highest BCUT2D eigenvalue weighted by molar-refractivity contribution is 5.56. The highest BCUT2D eigenvalue weighted by Gasteiger charge is 2.08. The number of aromatic nitrogens is 4. The van der Waals surface area contributed by atoms with E-state index < -0.39 is 22.5 Å². The Morgan fingerprint density at radius 3 is 2.05 bits per heavy atom. The number of nitrogens with zero attached hydrogens (tertiary/aromatic N) is 2. The molecule has 11 heteroatoms. The molecule has 8 N–H and O–H groups in total. The van der Waals surface area contributed by atoms with Gasteiger partial charge in [0.1, 0.15) is 17.2 Å². The zero-order valence-electron chi connectivity index (χ0n) is 11.3. The first kappa shape index (κ1) is 15.8. The Hall–Kier alpha value is -3.24. The molecule has 0 radical (unpaired) electrons. The monoisotopic (exact) mass is 297 g/mol. The number of aromatic amines is 2. The van der Waals surface area contributed by atoms with Gasteiger partial charge in [0, 0.05) is 20.3 Å². The van der Waals surface area contributed by atoms with Crippen LogP contribution in [0.2, 0.25) is 0 Å². The van der Waals surface area contributed by atoms with Gasteiger partial charge < -0.3 is 22.2 Å². The minimum absolute atomic E-state index is 0.00287. The molecule has 0 unspecified atom stereocenters. The molecule has 0 saturated heterocycles. The number of nitrogen functional groups attached to an aromatic ring is 3. The van der Waals surface area contributed by atoms with Crippen LogP contribution < -0.4 is 39.7 Å². The summed E-state index contributed by atoms with van der Waals surface area (Å²) < 4.78 is 2.03. The predicted molar refractivity (Wildman–Crippen MR) is 77.8 cm³/mol. The molecule has 0 aliphatic heterocycles. The van der Waals surface area contributed by atoms with Gasteiger partial charge in [-0.25, -0.2) is 9.59 Å². The van der Waals surface area contributed by atoms with Crippen molar-refractivity contribution in [3.63, 3.8) is 0 Å². The molecule has 2 aromatic rings. The zero-order valence-corrected chi connectivity index (χ0v) is 11.3. The Kier molecular flexibility index (Phi) is 4.38. The van der Waals surface area contributed by atoms with Gasteiger partial charge in [-0.05, 0) is 0 Å². The topological polar surface area (TPSA) is 188 Å². The second-order valence-corrected chi connectivity index (χ2v) is 4.03. The lowest BCUT2D eigenvalue weighted by atomic mass is 10.4. The molecule has 114 valence electrons. The van der Waals surface area contributed by atoms with Gasteiger partial charge in [0.25, 0.3) is 11.1 Å². The summed E-state index contributed by atoms with van der Waals surface area (Å²) in [6.45, 7) is 0. The Bertz CT molecular complexity index is 849. The Balaban J connectivity index is 0.000000219. The average molecular weight is 297 g/mol. The van der Waals surface area contributed by atoms with E-state index in [9.17, 15) is 19.2 Å². The van der Waals surface area contributed by atoms with Crippen molar-refractivity contribution >= 4 is 17.2 Å². The third kappa shape index (κ3) is 3.20. The molecule has 0 aliphatic rings. The number of H-pyrrole nitrogens is 2. The first-order valence-corrected chi connectivity index (χ1v) is 5.55. The van der Waals surface area contributed by atoms with Crippen molar-refractivity contribution in [3.05, 3.63) is 47.9 Å². The van der Waals surface area contributed by atoms with Crippen LogP contribution in [0, 0.1) is 0 Å². The first-order valence-electron chi connectivity index (χ1n) is 5.55. The molecule has 0 spiro atoms. The van der Waals surface area contributed by atoms with Gasteiger partial charge in [0.2, 0.25) is 0 Å². The summed E-state index contributed by atoms with van der Waals surface area (Å²) in [7, 11) is 2.80. The molecule has 0 aromatic carbocycles. The van der Waals surface area contributed by atoms with E-state index in [4.69, 9.17) is 17.2 Å². The number of rotatable bonds is 0. The van der Waals surface area contributed by atoms with Crippen molar-refractivity contribution in [2.45, 2.75) is 0 Å². The van der Waals surface area contributed by atoms with E-state index in [-0.39, 0.29) is 17.2 Å². The van der Waals surface area contributed by atoms with Crippen molar-refractivity contribution in [2.75, 3.05) is 17.2 Å². The van der Waals surface area contributed by atoms with Gasteiger partial charge >= 0.3 is 11.4 Å². The van der Waals surface area contributed by atoms with Crippen LogP contribution in [0.4, 0.5) is 17.2 Å². The fourth-order valence-electron chi connectivity index (χ4n) is 1.31. The minimum atomic E-state index is -0.560. The Morgan fingerprint density at radius 1 is 1.00 bits per heavy atom. The van der Waals surface area contributed by atoms with E-state index >= 15 is 0 Å². The molecule has 0 aliphatic carbocycles. The quantitative estimate of drug-likeness (QED) is 0.340. The van der Waals surface area contributed by atoms with Gasteiger partial charge in [-0.15, -0.1) is 0 Å². The summed E-state index contributed by atoms with van der Waals surface area (Å²) in [5.74, 6) is 0.00287. The summed E-state index contributed by atoms with van der Waals surface area (Å²) in [4.78, 5) is 47.1. The number of nitrogens with one attached hydrogen (secondary N) is 2. The van der Waals surface area contributed by atoms with Gasteiger partial charge in [0.05, 0.1) is 0 Å². The summed E-state index contributed by atoms with van der Waals surface area (Å²) in [6.07, 6.45) is 1.15. The van der Waals surface area contributed by atoms with Crippen molar-refractivity contribution in [2.24, 2.45) is 14.1 Å². The van der Waals surface area contributed by atoms with Crippen LogP contribution in [-0.2, 0) is 14.1 Å². The fourth-order valence-corrected chi connectivity index (χ4v) is 1.31. The number of hydrogen-bond acceptors (Lipinski definition) is 7. The lowest BCUT2D eigenvalue weighted by Gasteiger charge is -2.07. The zero-order chi connectivity index (χ0) is 16.3. The van der Waals surface area contributed by atoms with Crippen LogP contribution in [0.15, 0.2) is 25.4 Å². The average Bonchev–Trinajstić information content (AvgIpc) is 2.46. The maximum atomic E-state index is 11.2. The van der Waals surface area contributed by atoms with Gasteiger partial charge in [-0.3, -0.25) is 23.7 Å². The second-order valence-electron chi connectivity index (χ2n) is 4.03. The molecule has 0 atom stereocenters. The van der Waals surface area contributed by atoms with Crippen LogP contribution in [0.5, 0.6) is 0 Å². The molecule has 2 rings (SSSR count). The van der Waals surface area contributed by atoms with Crippen molar-refractivity contribution in [1.29, 1.82) is 0 Å². The lowest BCUT2D eigenvalue weighted by molar-refractivity contribution is 0.698. The molecule has 11 nitrogen and oxygen atoms in total. The van der Waals surface area contributed by atoms with E-state index in [0.717, 1.165) is 15.3 Å². The predicted octanol–water partition coefficient (Wildman–Crippen LogP) is -3.11. The van der Waals surface area contributed by atoms with Crippen LogP contribution in [0.25, 0.3) is 0 Å². The molecule has 0 saturated carbocycles. The molecule has 21 heavy (non-hydrogen) atoms. The molecule has 0 amide bonds. The van der Waals surface area contributed by atoms with Crippen molar-refractivity contribution in [3.8, 4) is 0 Å². The third-order valence-electron chi connectivity index (χ3n) is 2.59. The molecule has 0 bridgehead atoms. The normalized spacial score (nSPS) is 9.81. The van der Waals surface area contributed by atoms with Gasteiger partial charge in [-0.2, -0.15) is 0 Å². The van der Waals surface area contributed by atoms with Crippen molar-refractivity contribution in [1.82, 2.24) is 19.1 Å². The smallest absolute Gasteiger partial charge is 0.332 e. The summed E-state index contributed by atoms with van der Waals surface area (Å²) in [5.41, 5.74) is 13.6. The van der Waals surface area contributed by atoms with Gasteiger partial charge in [0.15, 0.2) is 0 Å². The summed E-state index contributed by atoms with van der Waals surface area (Å²) in [5, 5.41) is 0. The Labute approximate surface area is 116 Å². The van der Waals surface area contributed by atoms with Gasteiger partial charge in [-0.1, -0.05) is 0 Å². The first-order chi connectivity index (χ1) is 9.66. The highest BCUT2D eigenvalue weighted by atomic mass is 16.2. The molecule has 0 fully saturated rings. The largest absolute Gasteiger partial charge is 0.393 e. The van der Waals surface area contributed by atoms with E-state index in [1.54, 1.807) is 0 Å². The van der Waals surface area contributed by atoms with E-state index in [0.29, 0.717) is 0 Å². The number of hydrogen-bond donors (Lipinski definition) is 5. The van der Waals surface area contributed by atoms with Crippen LogP contribution in [0.1, 0.15) is 0 Å². The summed E-state index contributed by atoms with van der Waals surface area (Å²) >= 11 is 0. The highest BCUT2D eigenvalue weighted by Crippen LogP contribution is 2.01.